The van der Waals surface area contributed by atoms with Crippen molar-refractivity contribution in [3.8, 4) is 0 Å². The highest BCUT2D eigenvalue weighted by Gasteiger charge is 2.31. The van der Waals surface area contributed by atoms with Crippen molar-refractivity contribution < 1.29 is 17.9 Å². The number of nitrogens with zero attached hydrogens (tertiary/aromatic N) is 1. The molecule has 1 aromatic rings. The molecule has 1 fully saturated rings. The Morgan fingerprint density at radius 2 is 2.16 bits per heavy atom. The van der Waals surface area contributed by atoms with Crippen LogP contribution in [0.5, 0.6) is 0 Å². The van der Waals surface area contributed by atoms with E-state index in [2.05, 4.69) is 10.2 Å². The zero-order valence-electron chi connectivity index (χ0n) is 10.8. The van der Waals surface area contributed by atoms with Gasteiger partial charge in [0.1, 0.15) is 4.90 Å². The summed E-state index contributed by atoms with van der Waals surface area (Å²) < 4.78 is 28.2. The van der Waals surface area contributed by atoms with Gasteiger partial charge in [-0.15, -0.1) is 0 Å². The predicted molar refractivity (Wildman–Crippen MR) is 67.1 cm³/mol. The molecular weight excluding hydrogens is 270 g/mol. The monoisotopic (exact) mass is 287 g/mol. The lowest BCUT2D eigenvalue weighted by atomic mass is 10.1. The molecule has 0 radical (unpaired) electrons. The lowest BCUT2D eigenvalue weighted by molar-refractivity contribution is 0.0474. The fourth-order valence-corrected chi connectivity index (χ4v) is 2.70. The molecule has 2 rings (SSSR count). The first-order valence-corrected chi connectivity index (χ1v) is 7.63. The summed E-state index contributed by atoms with van der Waals surface area (Å²) in [5, 5.41) is 11.4. The van der Waals surface area contributed by atoms with E-state index in [-0.39, 0.29) is 16.5 Å². The number of aromatic nitrogens is 2. The Morgan fingerprint density at radius 1 is 1.53 bits per heavy atom. The molecule has 106 valence electrons. The van der Waals surface area contributed by atoms with Crippen LogP contribution in [0.1, 0.15) is 48.8 Å². The minimum atomic E-state index is -4.03. The third-order valence-corrected chi connectivity index (χ3v) is 3.93. The summed E-state index contributed by atoms with van der Waals surface area (Å²) in [5.74, 6) is -0.504. The third-order valence-electron chi connectivity index (χ3n) is 2.95. The number of sulfonamides is 1. The number of nitrogens with one attached hydrogen (secondary N) is 1. The summed E-state index contributed by atoms with van der Waals surface area (Å²) in [5.41, 5.74) is 0.0627. The van der Waals surface area contributed by atoms with Gasteiger partial charge in [-0.25, -0.2) is 18.4 Å². The van der Waals surface area contributed by atoms with E-state index >= 15 is 0 Å². The fourth-order valence-electron chi connectivity index (χ4n) is 1.71. The number of carbonyl (C=O) groups is 1. The van der Waals surface area contributed by atoms with Gasteiger partial charge in [-0.2, -0.15) is 5.10 Å². The maximum atomic E-state index is 11.9. The highest BCUT2D eigenvalue weighted by molar-refractivity contribution is 7.89. The van der Waals surface area contributed by atoms with Gasteiger partial charge < -0.3 is 4.74 Å². The summed E-state index contributed by atoms with van der Waals surface area (Å²) >= 11 is 0. The predicted octanol–water partition coefficient (Wildman–Crippen LogP) is 0.747. The molecule has 1 aliphatic carbocycles. The topological polar surface area (TPSA) is 115 Å². The van der Waals surface area contributed by atoms with Gasteiger partial charge in [0.05, 0.1) is 12.3 Å². The Bertz CT molecular complexity index is 587. The fraction of sp³-hybridized carbons (Fsp3) is 0.636. The van der Waals surface area contributed by atoms with E-state index in [4.69, 9.17) is 9.88 Å². The van der Waals surface area contributed by atoms with Crippen LogP contribution in [-0.4, -0.2) is 31.2 Å². The van der Waals surface area contributed by atoms with E-state index in [1.807, 2.05) is 0 Å². The Hall–Kier alpha value is -1.41. The van der Waals surface area contributed by atoms with Crippen molar-refractivity contribution in [2.45, 2.75) is 37.5 Å². The largest absolute Gasteiger partial charge is 0.461 e. The second-order valence-corrected chi connectivity index (χ2v) is 6.55. The summed E-state index contributed by atoms with van der Waals surface area (Å²) in [7, 11) is -4.03. The van der Waals surface area contributed by atoms with Crippen molar-refractivity contribution in [1.29, 1.82) is 0 Å². The number of hydrogen-bond acceptors (Lipinski definition) is 5. The van der Waals surface area contributed by atoms with Gasteiger partial charge >= 0.3 is 5.97 Å². The lowest BCUT2D eigenvalue weighted by Crippen LogP contribution is -2.19. The summed E-state index contributed by atoms with van der Waals surface area (Å²) in [6.45, 7) is 3.86. The van der Waals surface area contributed by atoms with Gasteiger partial charge in [0.15, 0.2) is 5.69 Å². The number of rotatable bonds is 5. The van der Waals surface area contributed by atoms with Crippen LogP contribution in [0.4, 0.5) is 0 Å². The number of H-pyrrole nitrogens is 1. The molecule has 0 spiro atoms. The second-order valence-electron chi connectivity index (χ2n) is 5.06. The summed E-state index contributed by atoms with van der Waals surface area (Å²) in [4.78, 5) is 11.6. The van der Waals surface area contributed by atoms with Crippen molar-refractivity contribution in [1.82, 2.24) is 10.2 Å². The summed E-state index contributed by atoms with van der Waals surface area (Å²) in [6, 6.07) is 0. The van der Waals surface area contributed by atoms with Crippen molar-refractivity contribution in [2.75, 3.05) is 6.61 Å². The highest BCUT2D eigenvalue weighted by Crippen LogP contribution is 2.30. The molecule has 1 aliphatic rings. The van der Waals surface area contributed by atoms with Crippen molar-refractivity contribution in [3.05, 3.63) is 11.4 Å². The van der Waals surface area contributed by atoms with E-state index in [1.54, 1.807) is 13.8 Å². The molecule has 19 heavy (non-hydrogen) atoms. The SMILES string of the molecule is CC(C)c1[nH]nc(C(=O)OCC2CC2)c1S(N)(=O)=O. The molecule has 8 heteroatoms. The molecule has 0 saturated heterocycles. The van der Waals surface area contributed by atoms with E-state index in [9.17, 15) is 13.2 Å². The lowest BCUT2D eigenvalue weighted by Gasteiger charge is -2.06. The quantitative estimate of drug-likeness (QED) is 0.775. The maximum absolute atomic E-state index is 11.9. The molecule has 3 N–H and O–H groups in total. The smallest absolute Gasteiger partial charge is 0.360 e. The molecule has 1 saturated carbocycles. The first-order chi connectivity index (χ1) is 8.80. The van der Waals surface area contributed by atoms with E-state index in [0.29, 0.717) is 18.2 Å². The minimum Gasteiger partial charge on any atom is -0.461 e. The standard InChI is InChI=1S/C11H17N3O4S/c1-6(2)8-10(19(12,16)17)9(14-13-8)11(15)18-5-7-3-4-7/h6-7H,3-5H2,1-2H3,(H,13,14)(H2,12,16,17). The Morgan fingerprint density at radius 3 is 2.63 bits per heavy atom. The first-order valence-electron chi connectivity index (χ1n) is 6.09. The number of esters is 1. The van der Waals surface area contributed by atoms with Gasteiger partial charge in [-0.1, -0.05) is 13.8 Å². The van der Waals surface area contributed by atoms with Crippen LogP contribution in [0.25, 0.3) is 0 Å². The number of carbonyl (C=O) groups excluding carboxylic acids is 1. The number of ether oxygens (including phenoxy) is 1. The van der Waals surface area contributed by atoms with Gasteiger partial charge in [0.2, 0.25) is 10.0 Å². The Labute approximate surface area is 111 Å². The van der Waals surface area contributed by atoms with Gasteiger partial charge in [0, 0.05) is 0 Å². The van der Waals surface area contributed by atoms with Crippen LogP contribution < -0.4 is 5.14 Å². The second kappa shape index (κ2) is 4.93. The molecular formula is C11H17N3O4S. The van der Waals surface area contributed by atoms with E-state index in [1.165, 1.54) is 0 Å². The van der Waals surface area contributed by atoms with Crippen LogP contribution in [-0.2, 0) is 14.8 Å². The Balaban J connectivity index is 2.31. The number of aromatic amines is 1. The normalized spacial score (nSPS) is 15.8. The third kappa shape index (κ3) is 3.13. The molecule has 0 amide bonds. The average Bonchev–Trinajstić information content (AvgIpc) is 2.99. The molecule has 7 nitrogen and oxygen atoms in total. The highest BCUT2D eigenvalue weighted by atomic mass is 32.2. The maximum Gasteiger partial charge on any atom is 0.360 e. The average molecular weight is 287 g/mol. The summed E-state index contributed by atoms with van der Waals surface area (Å²) in [6.07, 6.45) is 2.07. The zero-order chi connectivity index (χ0) is 14.2. The molecule has 1 heterocycles. The van der Waals surface area contributed by atoms with Crippen molar-refractivity contribution in [2.24, 2.45) is 11.1 Å². The molecule has 0 unspecified atom stereocenters. The first kappa shape index (κ1) is 14.0. The number of hydrogen-bond donors (Lipinski definition) is 2. The van der Waals surface area contributed by atoms with Crippen LogP contribution in [0.15, 0.2) is 4.90 Å². The van der Waals surface area contributed by atoms with Gasteiger partial charge in [-0.05, 0) is 24.7 Å². The molecule has 0 aliphatic heterocycles. The van der Waals surface area contributed by atoms with Crippen LogP contribution >= 0.6 is 0 Å². The molecule has 1 aromatic heterocycles. The van der Waals surface area contributed by atoms with Crippen LogP contribution in [0, 0.1) is 5.92 Å². The molecule has 0 atom stereocenters. The van der Waals surface area contributed by atoms with E-state index < -0.39 is 16.0 Å². The minimum absolute atomic E-state index is 0.147. The Kier molecular flexibility index (Phi) is 3.64. The van der Waals surface area contributed by atoms with Gasteiger partial charge in [0.25, 0.3) is 0 Å². The van der Waals surface area contributed by atoms with Crippen molar-refractivity contribution in [3.63, 3.8) is 0 Å². The van der Waals surface area contributed by atoms with E-state index in [0.717, 1.165) is 12.8 Å². The zero-order valence-corrected chi connectivity index (χ0v) is 11.7. The van der Waals surface area contributed by atoms with Crippen molar-refractivity contribution >= 4 is 16.0 Å². The number of primary sulfonamides is 1. The molecule has 0 bridgehead atoms. The van der Waals surface area contributed by atoms with Crippen LogP contribution in [0.3, 0.4) is 0 Å². The van der Waals surface area contributed by atoms with Crippen LogP contribution in [0.2, 0.25) is 0 Å². The van der Waals surface area contributed by atoms with Gasteiger partial charge in [-0.3, -0.25) is 5.10 Å². The molecule has 0 aromatic carbocycles. The number of nitrogens with two attached hydrogens (primary N) is 1.